The van der Waals surface area contributed by atoms with E-state index in [4.69, 9.17) is 0 Å². The molecule has 0 aliphatic heterocycles. The monoisotopic (exact) mass is 134 g/mol. The second-order valence-electron chi connectivity index (χ2n) is 1.74. The maximum atomic E-state index is 10.4. The van der Waals surface area contributed by atoms with E-state index in [-0.39, 0.29) is 5.63 Å². The van der Waals surface area contributed by atoms with Gasteiger partial charge in [-0.05, 0) is 12.1 Å². The molecule has 0 aliphatic rings. The second kappa shape index (κ2) is 2.85. The van der Waals surface area contributed by atoms with Crippen molar-refractivity contribution in [1.29, 1.82) is 0 Å². The molecule has 0 radical (unpaired) electrons. The van der Waals surface area contributed by atoms with Crippen LogP contribution in [0.3, 0.4) is 0 Å². The van der Waals surface area contributed by atoms with Crippen molar-refractivity contribution in [3.63, 3.8) is 0 Å². The van der Waals surface area contributed by atoms with E-state index in [0.29, 0.717) is 0 Å². The molecular formula is C8H6O2. The van der Waals surface area contributed by atoms with Gasteiger partial charge in [0, 0.05) is 11.6 Å². The summed E-state index contributed by atoms with van der Waals surface area (Å²) >= 11 is 0. The van der Waals surface area contributed by atoms with Crippen molar-refractivity contribution < 1.29 is 4.42 Å². The molecule has 0 aromatic carbocycles. The molecule has 0 atom stereocenters. The van der Waals surface area contributed by atoms with Crippen molar-refractivity contribution in [2.45, 2.75) is 0 Å². The molecule has 0 fully saturated rings. The predicted molar refractivity (Wildman–Crippen MR) is 38.6 cm³/mol. The molecule has 50 valence electrons. The standard InChI is InChI=1S/C8H6O2/c1-2-3-7-4-5-8(9)10-6-7/h3-6H,1H2. The molecule has 1 aromatic rings. The Labute approximate surface area is 58.1 Å². The first-order valence-electron chi connectivity index (χ1n) is 2.77. The van der Waals surface area contributed by atoms with Crippen LogP contribution in [0.25, 0.3) is 6.08 Å². The van der Waals surface area contributed by atoms with E-state index >= 15 is 0 Å². The third-order valence-corrected chi connectivity index (χ3v) is 0.992. The Hall–Kier alpha value is -1.53. The van der Waals surface area contributed by atoms with Crippen molar-refractivity contribution in [2.75, 3.05) is 0 Å². The minimum absolute atomic E-state index is 0.346. The SMILES string of the molecule is C=C=Cc1ccc(=O)oc1. The lowest BCUT2D eigenvalue weighted by Gasteiger charge is -1.84. The van der Waals surface area contributed by atoms with Crippen molar-refractivity contribution in [3.8, 4) is 0 Å². The highest BCUT2D eigenvalue weighted by molar-refractivity contribution is 5.45. The molecule has 0 unspecified atom stereocenters. The van der Waals surface area contributed by atoms with Gasteiger partial charge >= 0.3 is 5.63 Å². The fraction of sp³-hybridized carbons (Fsp3) is 0. The zero-order valence-corrected chi connectivity index (χ0v) is 5.33. The Morgan fingerprint density at radius 3 is 2.90 bits per heavy atom. The summed E-state index contributed by atoms with van der Waals surface area (Å²) in [6.07, 6.45) is 2.99. The van der Waals surface area contributed by atoms with Crippen LogP contribution in [0, 0.1) is 0 Å². The first kappa shape index (κ1) is 6.59. The highest BCUT2D eigenvalue weighted by atomic mass is 16.4. The van der Waals surface area contributed by atoms with E-state index in [2.05, 4.69) is 16.7 Å². The van der Waals surface area contributed by atoms with Gasteiger partial charge in [-0.25, -0.2) is 4.79 Å². The molecule has 2 nitrogen and oxygen atoms in total. The van der Waals surface area contributed by atoms with Gasteiger partial charge in [0.05, 0.1) is 0 Å². The Balaban J connectivity index is 3.11. The van der Waals surface area contributed by atoms with E-state index in [9.17, 15) is 4.79 Å². The van der Waals surface area contributed by atoms with Crippen molar-refractivity contribution >= 4 is 6.08 Å². The molecule has 1 heterocycles. The maximum Gasteiger partial charge on any atom is 0.335 e. The van der Waals surface area contributed by atoms with Crippen molar-refractivity contribution in [1.82, 2.24) is 0 Å². The van der Waals surface area contributed by atoms with Gasteiger partial charge in [0.1, 0.15) is 6.26 Å². The molecular weight excluding hydrogens is 128 g/mol. The topological polar surface area (TPSA) is 30.2 Å². The largest absolute Gasteiger partial charge is 0.431 e. The lowest BCUT2D eigenvalue weighted by Crippen LogP contribution is -1.92. The third kappa shape index (κ3) is 1.47. The van der Waals surface area contributed by atoms with E-state index < -0.39 is 0 Å². The maximum absolute atomic E-state index is 10.4. The highest BCUT2D eigenvalue weighted by Gasteiger charge is 1.85. The summed E-state index contributed by atoms with van der Waals surface area (Å²) in [6, 6.07) is 2.99. The summed E-state index contributed by atoms with van der Waals surface area (Å²) in [4.78, 5) is 10.4. The second-order valence-corrected chi connectivity index (χ2v) is 1.74. The van der Waals surface area contributed by atoms with Crippen LogP contribution >= 0.6 is 0 Å². The van der Waals surface area contributed by atoms with Gasteiger partial charge in [-0.2, -0.15) is 0 Å². The van der Waals surface area contributed by atoms with Gasteiger partial charge in [-0.1, -0.05) is 6.58 Å². The molecule has 2 heteroatoms. The Morgan fingerprint density at radius 1 is 1.60 bits per heavy atom. The lowest BCUT2D eigenvalue weighted by atomic mass is 10.3. The summed E-state index contributed by atoms with van der Waals surface area (Å²) in [5.41, 5.74) is 3.01. The summed E-state index contributed by atoms with van der Waals surface area (Å²) in [6.45, 7) is 3.38. The minimum atomic E-state index is -0.346. The molecule has 1 aromatic heterocycles. The zero-order valence-electron chi connectivity index (χ0n) is 5.33. The third-order valence-electron chi connectivity index (χ3n) is 0.992. The average Bonchev–Trinajstić information content (AvgIpc) is 1.95. The Bertz CT molecular complexity index is 296. The van der Waals surface area contributed by atoms with E-state index in [0.717, 1.165) is 5.56 Å². The highest BCUT2D eigenvalue weighted by Crippen LogP contribution is 1.95. The van der Waals surface area contributed by atoms with Crippen LogP contribution in [0.5, 0.6) is 0 Å². The summed E-state index contributed by atoms with van der Waals surface area (Å²) in [5, 5.41) is 0. The normalized spacial score (nSPS) is 8.40. The van der Waals surface area contributed by atoms with E-state index in [1.54, 1.807) is 12.1 Å². The Kier molecular flexibility index (Phi) is 1.88. The smallest absolute Gasteiger partial charge is 0.335 e. The average molecular weight is 134 g/mol. The first-order chi connectivity index (χ1) is 4.83. The minimum Gasteiger partial charge on any atom is -0.431 e. The summed E-state index contributed by atoms with van der Waals surface area (Å²) in [5.74, 6) is 0. The first-order valence-corrected chi connectivity index (χ1v) is 2.77. The molecule has 10 heavy (non-hydrogen) atoms. The van der Waals surface area contributed by atoms with Gasteiger partial charge in [0.25, 0.3) is 0 Å². The predicted octanol–water partition coefficient (Wildman–Crippen LogP) is 1.44. The van der Waals surface area contributed by atoms with Crippen LogP contribution in [0.2, 0.25) is 0 Å². The molecule has 0 N–H and O–H groups in total. The molecule has 0 saturated heterocycles. The van der Waals surface area contributed by atoms with Crippen molar-refractivity contribution in [2.24, 2.45) is 0 Å². The van der Waals surface area contributed by atoms with E-state index in [1.807, 2.05) is 0 Å². The van der Waals surface area contributed by atoms with Crippen LogP contribution < -0.4 is 5.63 Å². The molecule has 1 rings (SSSR count). The van der Waals surface area contributed by atoms with Crippen LogP contribution in [-0.4, -0.2) is 0 Å². The van der Waals surface area contributed by atoms with E-state index in [1.165, 1.54) is 12.3 Å². The van der Waals surface area contributed by atoms with Gasteiger partial charge in [-0.15, -0.1) is 5.73 Å². The van der Waals surface area contributed by atoms with Gasteiger partial charge < -0.3 is 4.42 Å². The Morgan fingerprint density at radius 2 is 2.40 bits per heavy atom. The van der Waals surface area contributed by atoms with Crippen LogP contribution in [0.4, 0.5) is 0 Å². The zero-order chi connectivity index (χ0) is 7.40. The van der Waals surface area contributed by atoms with Gasteiger partial charge in [0.15, 0.2) is 0 Å². The van der Waals surface area contributed by atoms with Crippen molar-refractivity contribution in [3.05, 3.63) is 46.7 Å². The molecule has 0 spiro atoms. The fourth-order valence-electron chi connectivity index (χ4n) is 0.569. The molecule has 0 aliphatic carbocycles. The summed E-state index contributed by atoms with van der Waals surface area (Å²) in [7, 11) is 0. The number of hydrogen-bond donors (Lipinski definition) is 0. The van der Waals surface area contributed by atoms with Gasteiger partial charge in [0.2, 0.25) is 0 Å². The van der Waals surface area contributed by atoms with Crippen LogP contribution in [0.15, 0.2) is 39.9 Å². The quantitative estimate of drug-likeness (QED) is 0.544. The lowest BCUT2D eigenvalue weighted by molar-refractivity contribution is 0.509. The molecule has 0 saturated carbocycles. The van der Waals surface area contributed by atoms with Crippen LogP contribution in [0.1, 0.15) is 5.56 Å². The van der Waals surface area contributed by atoms with Crippen LogP contribution in [-0.2, 0) is 0 Å². The van der Waals surface area contributed by atoms with Gasteiger partial charge in [-0.3, -0.25) is 0 Å². The number of hydrogen-bond acceptors (Lipinski definition) is 2. The molecule has 0 bridgehead atoms. The fourth-order valence-corrected chi connectivity index (χ4v) is 0.569. The molecule has 0 amide bonds. The summed E-state index contributed by atoms with van der Waals surface area (Å²) < 4.78 is 4.56. The number of rotatable bonds is 1.